The first-order valence-electron chi connectivity index (χ1n) is 18.1. The summed E-state index contributed by atoms with van der Waals surface area (Å²) in [5.41, 5.74) is 4.64. The molecule has 0 amide bonds. The van der Waals surface area contributed by atoms with E-state index in [0.29, 0.717) is 12.3 Å². The lowest BCUT2D eigenvalue weighted by atomic mass is 9.91. The number of rotatable bonds is 19. The zero-order valence-electron chi connectivity index (χ0n) is 33.8. The molecule has 6 atom stereocenters. The van der Waals surface area contributed by atoms with Crippen LogP contribution in [0.4, 0.5) is 0 Å². The fourth-order valence-corrected chi connectivity index (χ4v) is 8.36. The summed E-state index contributed by atoms with van der Waals surface area (Å²) in [5.74, 6) is 3.84. The molecule has 0 N–H and O–H groups in total. The van der Waals surface area contributed by atoms with Crippen LogP contribution in [-0.2, 0) is 23.1 Å². The van der Waals surface area contributed by atoms with Crippen LogP contribution < -0.4 is 0 Å². The lowest BCUT2D eigenvalue weighted by molar-refractivity contribution is -0.0553. The summed E-state index contributed by atoms with van der Waals surface area (Å²) in [6.45, 7) is 40.9. The average Bonchev–Trinajstić information content (AvgIpc) is 2.92. The van der Waals surface area contributed by atoms with Gasteiger partial charge in [-0.1, -0.05) is 111 Å². The zero-order chi connectivity index (χ0) is 37.0. The Balaban J connectivity index is 2.97. The molecule has 0 aliphatic carbocycles. The van der Waals surface area contributed by atoms with Crippen LogP contribution in [0.25, 0.3) is 0 Å². The van der Waals surface area contributed by atoms with Crippen molar-refractivity contribution in [2.45, 2.75) is 173 Å². The topological polar surface area (TPSA) is 46.2 Å². The molecule has 0 aromatic carbocycles. The van der Waals surface area contributed by atoms with Gasteiger partial charge in [-0.2, -0.15) is 0 Å². The molecule has 0 saturated heterocycles. The van der Waals surface area contributed by atoms with Gasteiger partial charge in [0.25, 0.3) is 0 Å². The summed E-state index contributed by atoms with van der Waals surface area (Å²) in [7, 11) is -3.83. The van der Waals surface area contributed by atoms with Gasteiger partial charge in [0.2, 0.25) is 0 Å². The third-order valence-corrected chi connectivity index (χ3v) is 19.8. The molecule has 5 nitrogen and oxygen atoms in total. The highest BCUT2D eigenvalue weighted by atomic mass is 28.4. The lowest BCUT2D eigenvalue weighted by Crippen LogP contribution is -2.51. The molecule has 1 aliphatic rings. The summed E-state index contributed by atoms with van der Waals surface area (Å²) in [5, 5.41) is 0.170. The number of hydrogen-bond donors (Lipinski definition) is 0. The molecule has 0 bridgehead atoms. The van der Waals surface area contributed by atoms with Crippen molar-refractivity contribution in [1.29, 1.82) is 0 Å². The smallest absolute Gasteiger partial charge is 0.193 e. The molecular weight excluding hydrogens is 645 g/mol. The Bertz CT molecular complexity index is 1110. The van der Waals surface area contributed by atoms with Crippen molar-refractivity contribution in [1.82, 2.24) is 0 Å². The molecule has 0 aromatic heterocycles. The van der Waals surface area contributed by atoms with Crippen LogP contribution in [0.5, 0.6) is 0 Å². The summed E-state index contributed by atoms with van der Waals surface area (Å²) in [4.78, 5) is 0. The zero-order valence-corrected chi connectivity index (χ0v) is 36.8. The van der Waals surface area contributed by atoms with Gasteiger partial charge in [0.1, 0.15) is 14.9 Å². The van der Waals surface area contributed by atoms with E-state index in [0.717, 1.165) is 32.1 Å². The van der Waals surface area contributed by atoms with Crippen molar-refractivity contribution in [3.63, 3.8) is 0 Å². The van der Waals surface area contributed by atoms with Gasteiger partial charge >= 0.3 is 0 Å². The maximum absolute atomic E-state index is 7.03. The first kappa shape index (κ1) is 45.0. The van der Waals surface area contributed by atoms with Crippen LogP contribution in [-0.4, -0.2) is 69.1 Å². The second-order valence-electron chi connectivity index (χ2n) is 18.0. The van der Waals surface area contributed by atoms with E-state index in [4.69, 9.17) is 23.1 Å². The highest BCUT2D eigenvalue weighted by molar-refractivity contribution is 6.83. The first-order valence-corrected chi connectivity index (χ1v) is 27.5. The summed E-state index contributed by atoms with van der Waals surface area (Å²) >= 11 is 0. The largest absolute Gasteiger partial charge is 0.411 e. The Kier molecular flexibility index (Phi) is 18.3. The molecule has 0 radical (unpaired) electrons. The lowest BCUT2D eigenvalue weighted by Gasteiger charge is -2.44. The van der Waals surface area contributed by atoms with E-state index in [1.807, 2.05) is 6.08 Å². The SMILES string of the molecule is C=C[C@@H](O[Si](C)(C)C(C)(C)C)[C@H](C/C=C/[C@H](CC(=C)C[C@H](C)C[C@@H]1CC=C[C@@H](CC#C[Si](C)(C)C)O1)OCOC)O[Si](C)(C)C(C)(C)C. The van der Waals surface area contributed by atoms with Gasteiger partial charge < -0.3 is 23.1 Å². The van der Waals surface area contributed by atoms with E-state index in [9.17, 15) is 0 Å². The molecule has 0 fully saturated rings. The van der Waals surface area contributed by atoms with Crippen LogP contribution in [0.3, 0.4) is 0 Å². The molecule has 0 spiro atoms. The second-order valence-corrected chi connectivity index (χ2v) is 32.2. The van der Waals surface area contributed by atoms with Crippen molar-refractivity contribution in [2.24, 2.45) is 5.92 Å². The van der Waals surface area contributed by atoms with E-state index >= 15 is 0 Å². The number of hydrogen-bond acceptors (Lipinski definition) is 5. The molecular formula is C40H74O5Si3. The van der Waals surface area contributed by atoms with Crippen LogP contribution >= 0.6 is 0 Å². The van der Waals surface area contributed by atoms with Crippen molar-refractivity contribution in [3.05, 3.63) is 49.1 Å². The summed E-state index contributed by atoms with van der Waals surface area (Å²) in [6.07, 6.45) is 15.7. The van der Waals surface area contributed by atoms with E-state index in [1.165, 1.54) is 5.57 Å². The minimum Gasteiger partial charge on any atom is -0.411 e. The molecule has 0 saturated carbocycles. The fraction of sp³-hybridized carbons (Fsp3) is 0.750. The molecule has 1 rings (SSSR count). The number of ether oxygens (including phenoxy) is 3. The van der Waals surface area contributed by atoms with Gasteiger partial charge in [-0.15, -0.1) is 18.0 Å². The Labute approximate surface area is 300 Å². The molecule has 48 heavy (non-hydrogen) atoms. The molecule has 8 heteroatoms. The normalized spacial score (nSPS) is 20.6. The van der Waals surface area contributed by atoms with Gasteiger partial charge in [-0.25, -0.2) is 0 Å². The van der Waals surface area contributed by atoms with E-state index < -0.39 is 24.7 Å². The third-order valence-electron chi connectivity index (χ3n) is 9.88. The molecule has 0 unspecified atom stereocenters. The molecule has 1 heterocycles. The van der Waals surface area contributed by atoms with E-state index in [1.54, 1.807) is 7.11 Å². The van der Waals surface area contributed by atoms with Crippen molar-refractivity contribution in [2.75, 3.05) is 13.9 Å². The first-order chi connectivity index (χ1) is 21.9. The Morgan fingerprint density at radius 2 is 1.58 bits per heavy atom. The van der Waals surface area contributed by atoms with Crippen molar-refractivity contribution >= 4 is 24.7 Å². The Morgan fingerprint density at radius 1 is 0.979 bits per heavy atom. The summed E-state index contributed by atoms with van der Waals surface area (Å²) < 4.78 is 31.8. The van der Waals surface area contributed by atoms with E-state index in [2.05, 4.69) is 143 Å². The van der Waals surface area contributed by atoms with Crippen LogP contribution in [0, 0.1) is 17.4 Å². The molecule has 276 valence electrons. The second kappa shape index (κ2) is 19.5. The standard InChI is InChI=1S/C40H74O5Si3/c1-18-37(44-47(14,15)39(4,5)6)38(45-48(16,17)40(7,8)9)26-20-23-35(42-31-41-10)29-32(2)28-33(3)30-36-24-19-22-34(43-36)25-21-27-46(11,12)13/h18-20,22-23,33-38H,1-2,24-26,28-31H2,3-17H3/b23-20+/t33-,34-,35+,36-,37+,38-/m0/s1. The van der Waals surface area contributed by atoms with Gasteiger partial charge in [0.15, 0.2) is 16.6 Å². The van der Waals surface area contributed by atoms with Gasteiger partial charge in [-0.3, -0.25) is 0 Å². The molecule has 1 aliphatic heterocycles. The minimum atomic E-state index is -2.08. The highest BCUT2D eigenvalue weighted by Crippen LogP contribution is 2.41. The van der Waals surface area contributed by atoms with Crippen LogP contribution in [0.15, 0.2) is 49.1 Å². The van der Waals surface area contributed by atoms with Gasteiger partial charge in [-0.05, 0) is 74.3 Å². The maximum Gasteiger partial charge on any atom is 0.193 e. The van der Waals surface area contributed by atoms with E-state index in [-0.39, 0.29) is 47.4 Å². The highest BCUT2D eigenvalue weighted by Gasteiger charge is 2.43. The number of methoxy groups -OCH3 is 1. The predicted molar refractivity (Wildman–Crippen MR) is 215 cm³/mol. The minimum absolute atomic E-state index is 0.0812. The summed E-state index contributed by atoms with van der Waals surface area (Å²) in [6, 6.07) is 0. The monoisotopic (exact) mass is 718 g/mol. The van der Waals surface area contributed by atoms with Gasteiger partial charge in [0, 0.05) is 13.5 Å². The Morgan fingerprint density at radius 3 is 2.12 bits per heavy atom. The fourth-order valence-electron chi connectivity index (χ4n) is 5.11. The maximum atomic E-state index is 7.03. The average molecular weight is 719 g/mol. The third kappa shape index (κ3) is 16.8. The van der Waals surface area contributed by atoms with Crippen LogP contribution in [0.2, 0.25) is 55.9 Å². The van der Waals surface area contributed by atoms with Crippen LogP contribution in [0.1, 0.15) is 87.0 Å². The Hall–Kier alpha value is -1.03. The molecule has 0 aromatic rings. The predicted octanol–water partition coefficient (Wildman–Crippen LogP) is 11.2. The van der Waals surface area contributed by atoms with Crippen molar-refractivity contribution in [3.8, 4) is 11.5 Å². The van der Waals surface area contributed by atoms with Crippen molar-refractivity contribution < 1.29 is 23.1 Å². The quantitative estimate of drug-likeness (QED) is 0.0576. The van der Waals surface area contributed by atoms with Gasteiger partial charge in [0.05, 0.1) is 30.5 Å².